The van der Waals surface area contributed by atoms with Crippen molar-refractivity contribution in [3.05, 3.63) is 5.28 Å². The zero-order valence-electron chi connectivity index (χ0n) is 10.9. The fourth-order valence-corrected chi connectivity index (χ4v) is 2.04. The van der Waals surface area contributed by atoms with Gasteiger partial charge in [-0.2, -0.15) is 15.0 Å². The molecule has 0 radical (unpaired) electrons. The van der Waals surface area contributed by atoms with Crippen molar-refractivity contribution in [1.82, 2.24) is 19.9 Å². The topological polar surface area (TPSA) is 54.4 Å². The average Bonchev–Trinajstić information content (AvgIpc) is 2.32. The first-order valence-corrected chi connectivity index (χ1v) is 6.47. The number of piperazine rings is 1. The van der Waals surface area contributed by atoms with Gasteiger partial charge in [-0.05, 0) is 32.5 Å². The summed E-state index contributed by atoms with van der Waals surface area (Å²) in [5.41, 5.74) is 0. The molecule has 18 heavy (non-hydrogen) atoms. The van der Waals surface area contributed by atoms with Gasteiger partial charge >= 0.3 is 6.01 Å². The Kier molecular flexibility index (Phi) is 4.19. The van der Waals surface area contributed by atoms with Crippen molar-refractivity contribution >= 4 is 17.5 Å². The number of nitrogens with zero attached hydrogens (tertiary/aromatic N) is 5. The summed E-state index contributed by atoms with van der Waals surface area (Å²) in [7, 11) is 2.12. The summed E-state index contributed by atoms with van der Waals surface area (Å²) in [5, 5.41) is 0.176. The van der Waals surface area contributed by atoms with E-state index in [1.54, 1.807) is 0 Å². The van der Waals surface area contributed by atoms with E-state index in [-0.39, 0.29) is 5.28 Å². The lowest BCUT2D eigenvalue weighted by Crippen LogP contribution is -2.50. The minimum Gasteiger partial charge on any atom is -0.464 e. The first kappa shape index (κ1) is 13.3. The largest absolute Gasteiger partial charge is 0.464 e. The van der Waals surface area contributed by atoms with Crippen molar-refractivity contribution < 1.29 is 4.74 Å². The van der Waals surface area contributed by atoms with Crippen LogP contribution in [0.25, 0.3) is 0 Å². The van der Waals surface area contributed by atoms with E-state index in [2.05, 4.69) is 38.7 Å². The normalized spacial score (nSPS) is 21.1. The molecule has 0 bridgehead atoms. The summed E-state index contributed by atoms with van der Waals surface area (Å²) in [6.07, 6.45) is 0. The van der Waals surface area contributed by atoms with Gasteiger partial charge in [-0.3, -0.25) is 0 Å². The Hall–Kier alpha value is -1.14. The molecule has 1 atom stereocenters. The predicted octanol–water partition coefficient (Wildman–Crippen LogP) is 1.06. The number of likely N-dealkylation sites (N-methyl/N-ethyl adjacent to an activating group) is 1. The summed E-state index contributed by atoms with van der Waals surface area (Å²) in [5.74, 6) is 0.596. The van der Waals surface area contributed by atoms with Gasteiger partial charge in [0.25, 0.3) is 0 Å². The lowest BCUT2D eigenvalue weighted by molar-refractivity contribution is 0.232. The summed E-state index contributed by atoms with van der Waals surface area (Å²) < 4.78 is 5.28. The monoisotopic (exact) mass is 271 g/mol. The molecule has 0 saturated carbocycles. The minimum atomic E-state index is 0.176. The van der Waals surface area contributed by atoms with Crippen LogP contribution in [-0.2, 0) is 0 Å². The molecule has 100 valence electrons. The van der Waals surface area contributed by atoms with E-state index in [1.807, 2.05) is 6.92 Å². The smallest absolute Gasteiger partial charge is 0.322 e. The molecule has 2 heterocycles. The zero-order valence-corrected chi connectivity index (χ0v) is 11.7. The molecule has 2 rings (SSSR count). The molecular formula is C11H18ClN5O. The van der Waals surface area contributed by atoms with Gasteiger partial charge in [-0.15, -0.1) is 0 Å². The highest BCUT2D eigenvalue weighted by molar-refractivity contribution is 6.28. The van der Waals surface area contributed by atoms with Crippen molar-refractivity contribution in [2.45, 2.75) is 19.9 Å². The average molecular weight is 272 g/mol. The summed E-state index contributed by atoms with van der Waals surface area (Å²) >= 11 is 5.89. The Labute approximate surface area is 112 Å². The van der Waals surface area contributed by atoms with E-state index in [0.717, 1.165) is 19.6 Å². The Balaban J connectivity index is 2.17. The SMILES string of the molecule is CCOc1nc(Cl)nc(N2CCN(C)C(C)C2)n1. The van der Waals surface area contributed by atoms with Crippen LogP contribution in [0.4, 0.5) is 5.95 Å². The van der Waals surface area contributed by atoms with Gasteiger partial charge in [0.15, 0.2) is 0 Å². The lowest BCUT2D eigenvalue weighted by atomic mass is 10.2. The second kappa shape index (κ2) is 5.67. The van der Waals surface area contributed by atoms with Crippen LogP contribution in [0.2, 0.25) is 5.28 Å². The van der Waals surface area contributed by atoms with Gasteiger partial charge in [0.2, 0.25) is 11.2 Å². The second-order valence-corrected chi connectivity index (χ2v) is 4.73. The fraction of sp³-hybridized carbons (Fsp3) is 0.727. The molecule has 0 aromatic carbocycles. The van der Waals surface area contributed by atoms with Crippen LogP contribution in [0.1, 0.15) is 13.8 Å². The maximum atomic E-state index is 5.89. The number of anilines is 1. The van der Waals surface area contributed by atoms with Gasteiger partial charge in [-0.25, -0.2) is 0 Å². The number of rotatable bonds is 3. The van der Waals surface area contributed by atoms with Gasteiger partial charge in [0, 0.05) is 25.7 Å². The molecule has 1 aliphatic rings. The van der Waals surface area contributed by atoms with Gasteiger partial charge < -0.3 is 14.5 Å². The van der Waals surface area contributed by atoms with E-state index in [0.29, 0.717) is 24.6 Å². The minimum absolute atomic E-state index is 0.176. The van der Waals surface area contributed by atoms with Crippen LogP contribution >= 0.6 is 11.6 Å². The number of halogens is 1. The Morgan fingerprint density at radius 1 is 1.33 bits per heavy atom. The van der Waals surface area contributed by atoms with Crippen molar-refractivity contribution in [2.24, 2.45) is 0 Å². The number of aromatic nitrogens is 3. The molecule has 7 heteroatoms. The van der Waals surface area contributed by atoms with Crippen LogP contribution in [0.3, 0.4) is 0 Å². The number of hydrogen-bond donors (Lipinski definition) is 0. The van der Waals surface area contributed by atoms with E-state index >= 15 is 0 Å². The molecule has 0 spiro atoms. The van der Waals surface area contributed by atoms with E-state index in [9.17, 15) is 0 Å². The fourth-order valence-electron chi connectivity index (χ4n) is 1.89. The van der Waals surface area contributed by atoms with Crippen LogP contribution in [0.5, 0.6) is 6.01 Å². The van der Waals surface area contributed by atoms with Gasteiger partial charge in [-0.1, -0.05) is 0 Å². The molecular weight excluding hydrogens is 254 g/mol. The first-order valence-electron chi connectivity index (χ1n) is 6.09. The van der Waals surface area contributed by atoms with E-state index < -0.39 is 0 Å². The van der Waals surface area contributed by atoms with Crippen molar-refractivity contribution in [2.75, 3.05) is 38.2 Å². The predicted molar refractivity (Wildman–Crippen MR) is 70.3 cm³/mol. The van der Waals surface area contributed by atoms with Gasteiger partial charge in [0.1, 0.15) is 0 Å². The highest BCUT2D eigenvalue weighted by atomic mass is 35.5. The van der Waals surface area contributed by atoms with Crippen LogP contribution in [0, 0.1) is 0 Å². The Morgan fingerprint density at radius 3 is 2.78 bits per heavy atom. The number of hydrogen-bond acceptors (Lipinski definition) is 6. The van der Waals surface area contributed by atoms with E-state index in [1.165, 1.54) is 0 Å². The highest BCUT2D eigenvalue weighted by Crippen LogP contribution is 2.18. The first-order chi connectivity index (χ1) is 8.60. The molecule has 0 aliphatic carbocycles. The molecule has 1 aromatic rings. The van der Waals surface area contributed by atoms with Crippen molar-refractivity contribution in [3.8, 4) is 6.01 Å². The van der Waals surface area contributed by atoms with E-state index in [4.69, 9.17) is 16.3 Å². The summed E-state index contributed by atoms with van der Waals surface area (Å²) in [6, 6.07) is 0.754. The lowest BCUT2D eigenvalue weighted by Gasteiger charge is -2.37. The van der Waals surface area contributed by atoms with Crippen LogP contribution < -0.4 is 9.64 Å². The third-order valence-corrected chi connectivity index (χ3v) is 3.26. The third-order valence-electron chi connectivity index (χ3n) is 3.09. The Morgan fingerprint density at radius 2 is 2.11 bits per heavy atom. The Bertz CT molecular complexity index is 416. The standard InChI is InChI=1S/C11H18ClN5O/c1-4-18-11-14-9(12)13-10(15-11)17-6-5-16(3)8(2)7-17/h8H,4-7H2,1-3H3. The molecule has 1 saturated heterocycles. The van der Waals surface area contributed by atoms with Crippen molar-refractivity contribution in [3.63, 3.8) is 0 Å². The molecule has 0 amide bonds. The molecule has 1 aliphatic heterocycles. The molecule has 1 unspecified atom stereocenters. The van der Waals surface area contributed by atoms with Crippen LogP contribution in [-0.4, -0.2) is 59.2 Å². The summed E-state index contributed by atoms with van der Waals surface area (Å²) in [4.78, 5) is 16.8. The molecule has 1 fully saturated rings. The number of ether oxygens (including phenoxy) is 1. The zero-order chi connectivity index (χ0) is 13.1. The van der Waals surface area contributed by atoms with Crippen LogP contribution in [0.15, 0.2) is 0 Å². The van der Waals surface area contributed by atoms with Gasteiger partial charge in [0.05, 0.1) is 6.61 Å². The molecule has 1 aromatic heterocycles. The second-order valence-electron chi connectivity index (χ2n) is 4.40. The van der Waals surface area contributed by atoms with Crippen molar-refractivity contribution in [1.29, 1.82) is 0 Å². The summed E-state index contributed by atoms with van der Waals surface area (Å²) in [6.45, 7) is 7.32. The third kappa shape index (κ3) is 3.00. The quantitative estimate of drug-likeness (QED) is 0.820. The highest BCUT2D eigenvalue weighted by Gasteiger charge is 2.23. The maximum Gasteiger partial charge on any atom is 0.322 e. The maximum absolute atomic E-state index is 5.89. The molecule has 6 nitrogen and oxygen atoms in total. The molecule has 0 N–H and O–H groups in total.